The number of urea groups is 1. The molecule has 0 unspecified atom stereocenters. The Balaban J connectivity index is 1.35. The number of piperazine rings is 1. The van der Waals surface area contributed by atoms with Crippen LogP contribution in [-0.4, -0.2) is 63.9 Å². The summed E-state index contributed by atoms with van der Waals surface area (Å²) in [4.78, 5) is 36.3. The lowest BCUT2D eigenvalue weighted by molar-refractivity contribution is 0.0663. The quantitative estimate of drug-likeness (QED) is 0.867. The van der Waals surface area contributed by atoms with Gasteiger partial charge in [0.1, 0.15) is 5.82 Å². The van der Waals surface area contributed by atoms with Crippen molar-refractivity contribution in [2.75, 3.05) is 26.2 Å². The van der Waals surface area contributed by atoms with Gasteiger partial charge >= 0.3 is 6.03 Å². The summed E-state index contributed by atoms with van der Waals surface area (Å²) in [6, 6.07) is 5.89. The highest BCUT2D eigenvalue weighted by atomic mass is 16.2. The molecule has 2 aliphatic rings. The van der Waals surface area contributed by atoms with Crippen LogP contribution in [0.1, 0.15) is 41.9 Å². The number of aryl methyl sites for hydroxylation is 1. The van der Waals surface area contributed by atoms with E-state index in [0.717, 1.165) is 29.7 Å². The molecule has 4 rings (SSSR count). The first-order valence-corrected chi connectivity index (χ1v) is 9.41. The third kappa shape index (κ3) is 3.38. The number of benzene rings is 1. The first kappa shape index (κ1) is 16.9. The summed E-state index contributed by atoms with van der Waals surface area (Å²) in [7, 11) is 0. The number of carbonyl (C=O) groups excluding carboxylic acids is 2. The average molecular weight is 355 g/mol. The second-order valence-electron chi connectivity index (χ2n) is 7.26. The Morgan fingerprint density at radius 3 is 2.54 bits per heavy atom. The number of nitrogens with one attached hydrogen (secondary N) is 2. The molecule has 0 atom stereocenters. The minimum atomic E-state index is 0.00926. The highest BCUT2D eigenvalue weighted by molar-refractivity contribution is 5.97. The molecule has 7 nitrogen and oxygen atoms in total. The van der Waals surface area contributed by atoms with Crippen molar-refractivity contribution in [2.45, 2.75) is 38.6 Å². The third-order valence-corrected chi connectivity index (χ3v) is 5.38. The second-order valence-corrected chi connectivity index (χ2v) is 7.26. The predicted molar refractivity (Wildman–Crippen MR) is 99.1 cm³/mol. The molecule has 0 radical (unpaired) electrons. The van der Waals surface area contributed by atoms with Gasteiger partial charge in [0.15, 0.2) is 0 Å². The molecule has 7 heteroatoms. The number of nitrogens with zero attached hydrogens (tertiary/aromatic N) is 3. The van der Waals surface area contributed by atoms with Gasteiger partial charge in [0.25, 0.3) is 5.91 Å². The van der Waals surface area contributed by atoms with Gasteiger partial charge in [-0.2, -0.15) is 0 Å². The van der Waals surface area contributed by atoms with Crippen molar-refractivity contribution in [2.24, 2.45) is 0 Å². The summed E-state index contributed by atoms with van der Waals surface area (Å²) >= 11 is 0. The summed E-state index contributed by atoms with van der Waals surface area (Å²) in [5.41, 5.74) is 2.40. The van der Waals surface area contributed by atoms with Crippen LogP contribution in [-0.2, 0) is 0 Å². The van der Waals surface area contributed by atoms with Crippen LogP contribution < -0.4 is 5.32 Å². The second kappa shape index (κ2) is 6.97. The van der Waals surface area contributed by atoms with Crippen LogP contribution in [0, 0.1) is 6.92 Å². The lowest BCUT2D eigenvalue weighted by atomic mass is 10.1. The largest absolute Gasteiger partial charge is 0.342 e. The molecule has 0 spiro atoms. The molecule has 2 fully saturated rings. The zero-order valence-electron chi connectivity index (χ0n) is 15.1. The molecule has 2 heterocycles. The molecule has 2 aromatic rings. The Hall–Kier alpha value is -2.57. The first-order chi connectivity index (χ1) is 12.6. The number of aromatic amines is 1. The lowest BCUT2D eigenvalue weighted by Gasteiger charge is -2.35. The van der Waals surface area contributed by atoms with E-state index in [2.05, 4.69) is 15.3 Å². The molecular weight excluding hydrogens is 330 g/mol. The monoisotopic (exact) mass is 355 g/mol. The standard InChI is InChI=1S/C19H25N5O2/c1-13-20-16-7-6-14(12-17(16)21-13)18(25)23-8-10-24(11-9-23)19(26)22-15-4-2-3-5-15/h6-7,12,15H,2-5,8-11H2,1H3,(H,20,21)(H,22,26). The van der Waals surface area contributed by atoms with E-state index in [9.17, 15) is 9.59 Å². The van der Waals surface area contributed by atoms with E-state index in [4.69, 9.17) is 0 Å². The highest BCUT2D eigenvalue weighted by Crippen LogP contribution is 2.19. The fourth-order valence-electron chi connectivity index (χ4n) is 3.90. The highest BCUT2D eigenvalue weighted by Gasteiger charge is 2.27. The fourth-order valence-corrected chi connectivity index (χ4v) is 3.90. The Bertz CT molecular complexity index is 816. The third-order valence-electron chi connectivity index (χ3n) is 5.38. The number of aromatic nitrogens is 2. The van der Waals surface area contributed by atoms with Gasteiger partial charge in [-0.3, -0.25) is 4.79 Å². The van der Waals surface area contributed by atoms with Gasteiger partial charge in [-0.1, -0.05) is 12.8 Å². The van der Waals surface area contributed by atoms with Crippen molar-refractivity contribution >= 4 is 23.0 Å². The topological polar surface area (TPSA) is 81.3 Å². The molecule has 1 saturated carbocycles. The summed E-state index contributed by atoms with van der Waals surface area (Å²) in [6.45, 7) is 4.19. The van der Waals surface area contributed by atoms with Gasteiger partial charge in [0.2, 0.25) is 0 Å². The summed E-state index contributed by atoms with van der Waals surface area (Å²) in [5.74, 6) is 0.849. The molecule has 1 aliphatic carbocycles. The first-order valence-electron chi connectivity index (χ1n) is 9.41. The number of carbonyl (C=O) groups is 2. The number of amides is 3. The summed E-state index contributed by atoms with van der Waals surface area (Å²) < 4.78 is 0. The Kier molecular flexibility index (Phi) is 4.53. The predicted octanol–water partition coefficient (Wildman–Crippen LogP) is 2.28. The molecule has 1 aromatic carbocycles. The maximum absolute atomic E-state index is 12.8. The van der Waals surface area contributed by atoms with E-state index in [1.165, 1.54) is 12.8 Å². The Morgan fingerprint density at radius 1 is 1.12 bits per heavy atom. The van der Waals surface area contributed by atoms with Gasteiger partial charge in [0, 0.05) is 37.8 Å². The average Bonchev–Trinajstić information content (AvgIpc) is 3.28. The minimum Gasteiger partial charge on any atom is -0.342 e. The van der Waals surface area contributed by atoms with E-state index in [1.54, 1.807) is 0 Å². The maximum Gasteiger partial charge on any atom is 0.317 e. The van der Waals surface area contributed by atoms with E-state index in [0.29, 0.717) is 37.8 Å². The molecule has 1 aromatic heterocycles. The number of hydrogen-bond acceptors (Lipinski definition) is 3. The number of H-pyrrole nitrogens is 1. The number of hydrogen-bond donors (Lipinski definition) is 2. The minimum absolute atomic E-state index is 0.00926. The molecule has 1 saturated heterocycles. The Morgan fingerprint density at radius 2 is 1.81 bits per heavy atom. The van der Waals surface area contributed by atoms with Crippen LogP contribution in [0.25, 0.3) is 11.0 Å². The molecular formula is C19H25N5O2. The van der Waals surface area contributed by atoms with Gasteiger partial charge < -0.3 is 20.1 Å². The van der Waals surface area contributed by atoms with E-state index >= 15 is 0 Å². The molecule has 3 amide bonds. The van der Waals surface area contributed by atoms with Crippen molar-refractivity contribution < 1.29 is 9.59 Å². The van der Waals surface area contributed by atoms with Gasteiger partial charge in [0.05, 0.1) is 11.0 Å². The van der Waals surface area contributed by atoms with E-state index < -0.39 is 0 Å². The van der Waals surface area contributed by atoms with Crippen LogP contribution in [0.15, 0.2) is 18.2 Å². The van der Waals surface area contributed by atoms with Gasteiger partial charge in [-0.05, 0) is 38.0 Å². The van der Waals surface area contributed by atoms with Crippen molar-refractivity contribution in [1.82, 2.24) is 25.1 Å². The number of fused-ring (bicyclic) bond motifs is 1. The van der Waals surface area contributed by atoms with Crippen LogP contribution in [0.2, 0.25) is 0 Å². The SMILES string of the molecule is Cc1nc2ccc(C(=O)N3CCN(C(=O)NC4CCCC4)CC3)cc2[nH]1. The normalized spacial score (nSPS) is 18.5. The molecule has 138 valence electrons. The van der Waals surface area contributed by atoms with Gasteiger partial charge in [-0.15, -0.1) is 0 Å². The van der Waals surface area contributed by atoms with Crippen molar-refractivity contribution in [1.29, 1.82) is 0 Å². The molecule has 26 heavy (non-hydrogen) atoms. The Labute approximate surface area is 152 Å². The number of imidazole rings is 1. The fraction of sp³-hybridized carbons (Fsp3) is 0.526. The molecule has 1 aliphatic heterocycles. The maximum atomic E-state index is 12.8. The summed E-state index contributed by atoms with van der Waals surface area (Å²) in [5, 5.41) is 3.12. The van der Waals surface area contributed by atoms with E-state index in [1.807, 2.05) is 34.9 Å². The van der Waals surface area contributed by atoms with E-state index in [-0.39, 0.29) is 11.9 Å². The zero-order chi connectivity index (χ0) is 18.1. The van der Waals surface area contributed by atoms with Crippen LogP contribution in [0.4, 0.5) is 4.79 Å². The van der Waals surface area contributed by atoms with Crippen LogP contribution >= 0.6 is 0 Å². The van der Waals surface area contributed by atoms with Crippen LogP contribution in [0.5, 0.6) is 0 Å². The smallest absolute Gasteiger partial charge is 0.317 e. The zero-order valence-corrected chi connectivity index (χ0v) is 15.1. The van der Waals surface area contributed by atoms with Crippen molar-refractivity contribution in [3.8, 4) is 0 Å². The van der Waals surface area contributed by atoms with Crippen molar-refractivity contribution in [3.05, 3.63) is 29.6 Å². The lowest BCUT2D eigenvalue weighted by Crippen LogP contribution is -2.54. The summed E-state index contributed by atoms with van der Waals surface area (Å²) in [6.07, 6.45) is 4.57. The molecule has 0 bridgehead atoms. The number of rotatable bonds is 2. The van der Waals surface area contributed by atoms with Crippen LogP contribution in [0.3, 0.4) is 0 Å². The molecule has 2 N–H and O–H groups in total. The van der Waals surface area contributed by atoms with Crippen molar-refractivity contribution in [3.63, 3.8) is 0 Å². The van der Waals surface area contributed by atoms with Gasteiger partial charge in [-0.25, -0.2) is 9.78 Å².